The number of para-hydroxylation sites is 1. The molecule has 0 radical (unpaired) electrons. The minimum atomic E-state index is -1.01. The molecule has 3 heterocycles. The third kappa shape index (κ3) is 3.93. The number of carbonyl (C=O) groups is 1. The van der Waals surface area contributed by atoms with Crippen LogP contribution >= 0.6 is 0 Å². The number of nitrogens with zero attached hydrogens (tertiary/aromatic N) is 2. The van der Waals surface area contributed by atoms with Gasteiger partial charge < -0.3 is 24.6 Å². The lowest BCUT2D eigenvalue weighted by atomic mass is 10.0. The van der Waals surface area contributed by atoms with Crippen molar-refractivity contribution in [3.63, 3.8) is 0 Å². The Morgan fingerprint density at radius 1 is 1.22 bits per heavy atom. The SMILES string of the molecule is CCOc1nc2ccc(F)c(F)c2n1-c1cccc2c1OC[C@H]2Nc1ccc2c(c1)CO[C@H]2CC(=O)O. The van der Waals surface area contributed by atoms with Gasteiger partial charge in [-0.05, 0) is 48.4 Å². The van der Waals surface area contributed by atoms with Gasteiger partial charge in [0.2, 0.25) is 0 Å². The molecule has 10 heteroatoms. The average Bonchev–Trinajstić information content (AvgIpc) is 3.57. The van der Waals surface area contributed by atoms with Crippen molar-refractivity contribution in [2.45, 2.75) is 32.1 Å². The van der Waals surface area contributed by atoms with E-state index in [-0.39, 0.29) is 29.5 Å². The summed E-state index contributed by atoms with van der Waals surface area (Å²) in [5.74, 6) is -2.37. The van der Waals surface area contributed by atoms with Crippen molar-refractivity contribution in [3.05, 3.63) is 76.9 Å². The molecule has 0 amide bonds. The van der Waals surface area contributed by atoms with Gasteiger partial charge in [0.15, 0.2) is 11.6 Å². The number of carboxylic acid groups (broad SMARTS) is 1. The highest BCUT2D eigenvalue weighted by Gasteiger charge is 2.31. The number of hydrogen-bond donors (Lipinski definition) is 2. The van der Waals surface area contributed by atoms with E-state index in [1.54, 1.807) is 13.0 Å². The molecule has 0 unspecified atom stereocenters. The molecular formula is C27H23F2N3O5. The Bertz CT molecular complexity index is 1540. The minimum absolute atomic E-state index is 0.0219. The molecule has 0 saturated heterocycles. The Labute approximate surface area is 210 Å². The molecule has 2 aliphatic rings. The maximum absolute atomic E-state index is 14.9. The first-order chi connectivity index (χ1) is 17.9. The number of aromatic nitrogens is 2. The van der Waals surface area contributed by atoms with Gasteiger partial charge >= 0.3 is 12.0 Å². The van der Waals surface area contributed by atoms with Crippen LogP contribution in [0.3, 0.4) is 0 Å². The van der Waals surface area contributed by atoms with E-state index < -0.39 is 23.7 Å². The van der Waals surface area contributed by atoms with Gasteiger partial charge in [-0.15, -0.1) is 0 Å². The molecule has 37 heavy (non-hydrogen) atoms. The predicted octanol–water partition coefficient (Wildman–Crippen LogP) is 5.29. The third-order valence-electron chi connectivity index (χ3n) is 6.62. The summed E-state index contributed by atoms with van der Waals surface area (Å²) in [5.41, 5.74) is 4.24. The monoisotopic (exact) mass is 507 g/mol. The van der Waals surface area contributed by atoms with Crippen molar-refractivity contribution >= 4 is 22.7 Å². The molecule has 0 aliphatic carbocycles. The van der Waals surface area contributed by atoms with Gasteiger partial charge in [-0.1, -0.05) is 18.2 Å². The Morgan fingerprint density at radius 3 is 2.89 bits per heavy atom. The zero-order valence-corrected chi connectivity index (χ0v) is 19.8. The molecule has 2 N–H and O–H groups in total. The standard InChI is InChI=1S/C27H23F2N3O5/c1-2-35-27-31-19-9-8-18(28)24(29)25(19)32(27)21-5-3-4-17-20(13-37-26(17)21)30-15-6-7-16-14(10-15)12-36-22(16)11-23(33)34/h3-10,20,22,30H,2,11-13H2,1H3,(H,33,34)/t20-,22+/m1/s1. The van der Waals surface area contributed by atoms with Crippen LogP contribution < -0.4 is 14.8 Å². The number of carboxylic acids is 1. The Balaban J connectivity index is 1.35. The average molecular weight is 507 g/mol. The van der Waals surface area contributed by atoms with Crippen LogP contribution in [-0.2, 0) is 16.1 Å². The van der Waals surface area contributed by atoms with Crippen LogP contribution in [0.4, 0.5) is 14.5 Å². The van der Waals surface area contributed by atoms with Crippen LogP contribution in [0, 0.1) is 11.6 Å². The van der Waals surface area contributed by atoms with E-state index in [0.29, 0.717) is 31.3 Å². The number of ether oxygens (including phenoxy) is 3. The van der Waals surface area contributed by atoms with Crippen LogP contribution in [0.2, 0.25) is 0 Å². The Kier molecular flexibility index (Phi) is 5.68. The molecule has 3 aromatic carbocycles. The van der Waals surface area contributed by atoms with Gasteiger partial charge in [0.25, 0.3) is 0 Å². The largest absolute Gasteiger partial charge is 0.489 e. The quantitative estimate of drug-likeness (QED) is 0.351. The van der Waals surface area contributed by atoms with E-state index in [1.807, 2.05) is 30.3 Å². The normalized spacial score (nSPS) is 17.9. The smallest absolute Gasteiger partial charge is 0.306 e. The Morgan fingerprint density at radius 2 is 2.08 bits per heavy atom. The van der Waals surface area contributed by atoms with Crippen molar-refractivity contribution in [2.75, 3.05) is 18.5 Å². The van der Waals surface area contributed by atoms with Gasteiger partial charge in [0.05, 0.1) is 43.0 Å². The van der Waals surface area contributed by atoms with Gasteiger partial charge in [0.1, 0.15) is 17.9 Å². The zero-order valence-electron chi connectivity index (χ0n) is 19.8. The van der Waals surface area contributed by atoms with Crippen molar-refractivity contribution < 1.29 is 32.9 Å². The summed E-state index contributed by atoms with van der Waals surface area (Å²) in [7, 11) is 0. The summed E-state index contributed by atoms with van der Waals surface area (Å²) in [6.45, 7) is 2.75. The summed E-state index contributed by atoms with van der Waals surface area (Å²) in [4.78, 5) is 15.5. The van der Waals surface area contributed by atoms with Crippen LogP contribution in [0.15, 0.2) is 48.5 Å². The lowest BCUT2D eigenvalue weighted by molar-refractivity contribution is -0.140. The number of nitrogens with one attached hydrogen (secondary N) is 1. The molecular weight excluding hydrogens is 484 g/mol. The number of benzene rings is 3. The van der Waals surface area contributed by atoms with Crippen LogP contribution in [0.1, 0.15) is 42.2 Å². The molecule has 190 valence electrons. The highest BCUT2D eigenvalue weighted by atomic mass is 19.2. The van der Waals surface area contributed by atoms with Crippen molar-refractivity contribution in [1.29, 1.82) is 0 Å². The molecule has 0 saturated carbocycles. The van der Waals surface area contributed by atoms with Gasteiger partial charge in [0, 0.05) is 11.3 Å². The molecule has 6 rings (SSSR count). The summed E-state index contributed by atoms with van der Waals surface area (Å²) < 4.78 is 47.9. The van der Waals surface area contributed by atoms with Crippen molar-refractivity contribution in [2.24, 2.45) is 0 Å². The number of hydrogen-bond acceptors (Lipinski definition) is 6. The molecule has 1 aromatic heterocycles. The Hall–Kier alpha value is -4.18. The number of rotatable bonds is 7. The van der Waals surface area contributed by atoms with E-state index >= 15 is 0 Å². The van der Waals surface area contributed by atoms with E-state index in [2.05, 4.69) is 10.3 Å². The highest BCUT2D eigenvalue weighted by Crippen LogP contribution is 2.43. The fourth-order valence-electron chi connectivity index (χ4n) is 5.00. The lowest BCUT2D eigenvalue weighted by Gasteiger charge is -2.15. The van der Waals surface area contributed by atoms with Crippen molar-refractivity contribution in [1.82, 2.24) is 9.55 Å². The van der Waals surface area contributed by atoms with E-state index in [9.17, 15) is 13.6 Å². The fraction of sp³-hybridized carbons (Fsp3) is 0.259. The third-order valence-corrected chi connectivity index (χ3v) is 6.62. The fourth-order valence-corrected chi connectivity index (χ4v) is 5.00. The summed E-state index contributed by atoms with van der Waals surface area (Å²) in [6.07, 6.45) is -0.529. The molecule has 0 fully saturated rings. The summed E-state index contributed by atoms with van der Waals surface area (Å²) >= 11 is 0. The minimum Gasteiger partial charge on any atom is -0.489 e. The zero-order chi connectivity index (χ0) is 25.7. The maximum atomic E-state index is 14.9. The van der Waals surface area contributed by atoms with Gasteiger partial charge in [-0.3, -0.25) is 9.36 Å². The summed E-state index contributed by atoms with van der Waals surface area (Å²) in [5, 5.41) is 12.6. The maximum Gasteiger partial charge on any atom is 0.306 e. The summed E-state index contributed by atoms with van der Waals surface area (Å²) in [6, 6.07) is 13.6. The van der Waals surface area contributed by atoms with Crippen molar-refractivity contribution in [3.8, 4) is 17.4 Å². The second-order valence-electron chi connectivity index (χ2n) is 8.91. The molecule has 2 aliphatic heterocycles. The second kappa shape index (κ2) is 9.04. The molecule has 0 spiro atoms. The first-order valence-electron chi connectivity index (χ1n) is 11.9. The topological polar surface area (TPSA) is 94.8 Å². The first kappa shape index (κ1) is 23.2. The highest BCUT2D eigenvalue weighted by molar-refractivity contribution is 5.81. The number of halogens is 2. The van der Waals surface area contributed by atoms with Gasteiger partial charge in [-0.25, -0.2) is 8.78 Å². The number of imidazole rings is 1. The van der Waals surface area contributed by atoms with E-state index in [1.165, 1.54) is 10.6 Å². The molecule has 4 aromatic rings. The predicted molar refractivity (Wildman–Crippen MR) is 130 cm³/mol. The first-order valence-corrected chi connectivity index (χ1v) is 11.9. The van der Waals surface area contributed by atoms with Crippen LogP contribution in [-0.4, -0.2) is 33.8 Å². The molecule has 0 bridgehead atoms. The molecule has 8 nitrogen and oxygen atoms in total. The van der Waals surface area contributed by atoms with Gasteiger partial charge in [-0.2, -0.15) is 4.98 Å². The lowest BCUT2D eigenvalue weighted by Crippen LogP contribution is -2.12. The van der Waals surface area contributed by atoms with E-state index in [0.717, 1.165) is 28.4 Å². The van der Waals surface area contributed by atoms with Crippen LogP contribution in [0.25, 0.3) is 16.7 Å². The van der Waals surface area contributed by atoms with Crippen LogP contribution in [0.5, 0.6) is 11.8 Å². The number of aliphatic carboxylic acids is 1. The van der Waals surface area contributed by atoms with E-state index in [4.69, 9.17) is 19.3 Å². The second-order valence-corrected chi connectivity index (χ2v) is 8.91. The molecule has 2 atom stereocenters. The number of anilines is 1. The number of fused-ring (bicyclic) bond motifs is 3.